The Bertz CT molecular complexity index is 1190. The van der Waals surface area contributed by atoms with Crippen molar-refractivity contribution in [2.75, 3.05) is 23.7 Å². The van der Waals surface area contributed by atoms with Crippen LogP contribution in [0.15, 0.2) is 55.0 Å². The van der Waals surface area contributed by atoms with Crippen LogP contribution in [0.2, 0.25) is 0 Å². The number of aromatic nitrogens is 3. The Labute approximate surface area is 192 Å². The first-order valence-corrected chi connectivity index (χ1v) is 11.3. The van der Waals surface area contributed by atoms with Gasteiger partial charge in [0.05, 0.1) is 17.8 Å². The third-order valence-electron chi connectivity index (χ3n) is 6.43. The van der Waals surface area contributed by atoms with Crippen LogP contribution in [-0.2, 0) is 9.59 Å². The number of nitrogens with zero attached hydrogens (tertiary/aromatic N) is 4. The molecule has 3 aromatic rings. The number of rotatable bonds is 4. The third-order valence-corrected chi connectivity index (χ3v) is 6.43. The number of para-hydroxylation sites is 1. The van der Waals surface area contributed by atoms with Gasteiger partial charge in [0.25, 0.3) is 0 Å². The van der Waals surface area contributed by atoms with E-state index in [0.29, 0.717) is 18.9 Å². The molecular weight excluding hydrogens is 416 g/mol. The number of piperidine rings is 1. The second-order valence-electron chi connectivity index (χ2n) is 8.61. The molecule has 0 saturated carbocycles. The predicted molar refractivity (Wildman–Crippen MR) is 125 cm³/mol. The molecule has 2 aliphatic rings. The maximum atomic E-state index is 13.3. The number of hydrogen-bond donors (Lipinski definition) is 2. The number of benzene rings is 1. The molecule has 2 amide bonds. The molecule has 33 heavy (non-hydrogen) atoms. The van der Waals surface area contributed by atoms with Crippen molar-refractivity contribution < 1.29 is 9.59 Å². The van der Waals surface area contributed by atoms with E-state index in [9.17, 15) is 9.59 Å². The zero-order valence-corrected chi connectivity index (χ0v) is 18.5. The number of aryl methyl sites for hydroxylation is 1. The van der Waals surface area contributed by atoms with Gasteiger partial charge in [0.2, 0.25) is 11.8 Å². The first-order chi connectivity index (χ1) is 16.1. The summed E-state index contributed by atoms with van der Waals surface area (Å²) in [6, 6.07) is 11.5. The highest BCUT2D eigenvalue weighted by molar-refractivity contribution is 6.01. The fraction of sp³-hybridized carbons (Fsp3) is 0.320. The topological polar surface area (TPSA) is 100 Å². The molecule has 0 radical (unpaired) electrons. The van der Waals surface area contributed by atoms with Gasteiger partial charge in [-0.05, 0) is 43.0 Å². The highest BCUT2D eigenvalue weighted by Gasteiger charge is 2.35. The molecule has 1 atom stereocenters. The Morgan fingerprint density at radius 3 is 2.76 bits per heavy atom. The second-order valence-corrected chi connectivity index (χ2v) is 8.61. The van der Waals surface area contributed by atoms with Crippen molar-refractivity contribution in [2.45, 2.75) is 38.0 Å². The number of pyridine rings is 1. The monoisotopic (exact) mass is 442 g/mol. The molecule has 0 spiro atoms. The summed E-state index contributed by atoms with van der Waals surface area (Å²) >= 11 is 0. The fourth-order valence-electron chi connectivity index (χ4n) is 4.62. The molecule has 5 rings (SSSR count). The van der Waals surface area contributed by atoms with Crippen LogP contribution >= 0.6 is 0 Å². The summed E-state index contributed by atoms with van der Waals surface area (Å²) in [5.74, 6) is 1.17. The van der Waals surface area contributed by atoms with E-state index in [1.165, 1.54) is 0 Å². The molecule has 0 unspecified atom stereocenters. The number of hydrogen-bond acceptors (Lipinski definition) is 6. The molecule has 0 bridgehead atoms. The van der Waals surface area contributed by atoms with Crippen LogP contribution in [0.4, 0.5) is 17.3 Å². The molecule has 0 aliphatic carbocycles. The van der Waals surface area contributed by atoms with Gasteiger partial charge in [-0.25, -0.2) is 9.97 Å². The minimum Gasteiger partial charge on any atom is -0.342 e. The van der Waals surface area contributed by atoms with Gasteiger partial charge in [0.15, 0.2) is 0 Å². The first-order valence-electron chi connectivity index (χ1n) is 11.3. The summed E-state index contributed by atoms with van der Waals surface area (Å²) in [5, 5.41) is 6.12. The van der Waals surface area contributed by atoms with E-state index in [1.807, 2.05) is 48.2 Å². The quantitative estimate of drug-likeness (QED) is 0.638. The van der Waals surface area contributed by atoms with Crippen LogP contribution in [0, 0.1) is 6.92 Å². The standard InChI is InChI=1S/C25H26N6O2/c1-16-5-4-10-27-24(16)30-22-15-26-14-21(28-22)17-8-11-31(12-9-17)25(33)19-13-23(32)29-20-7-3-2-6-18(19)20/h2-7,10,14-15,17,19H,8-9,11-13H2,1H3,(H,29,32)(H,27,28,30)/t19-/m1/s1. The Morgan fingerprint density at radius 2 is 1.94 bits per heavy atom. The van der Waals surface area contributed by atoms with Crippen molar-refractivity contribution in [3.63, 3.8) is 0 Å². The number of carbonyl (C=O) groups excluding carboxylic acids is 2. The summed E-state index contributed by atoms with van der Waals surface area (Å²) in [6.07, 6.45) is 7.07. The molecule has 2 aliphatic heterocycles. The lowest BCUT2D eigenvalue weighted by atomic mass is 9.87. The molecule has 8 heteroatoms. The zero-order valence-electron chi connectivity index (χ0n) is 18.5. The van der Waals surface area contributed by atoms with Crippen LogP contribution < -0.4 is 10.6 Å². The van der Waals surface area contributed by atoms with Gasteiger partial charge in [-0.2, -0.15) is 0 Å². The summed E-state index contributed by atoms with van der Waals surface area (Å²) in [5.41, 5.74) is 3.60. The van der Waals surface area contributed by atoms with Crippen molar-refractivity contribution in [3.8, 4) is 0 Å². The van der Waals surface area contributed by atoms with Crippen LogP contribution in [0.1, 0.15) is 47.9 Å². The van der Waals surface area contributed by atoms with Crippen LogP contribution in [0.3, 0.4) is 0 Å². The number of carbonyl (C=O) groups is 2. The molecule has 2 N–H and O–H groups in total. The van der Waals surface area contributed by atoms with E-state index >= 15 is 0 Å². The van der Waals surface area contributed by atoms with E-state index in [1.54, 1.807) is 18.6 Å². The largest absolute Gasteiger partial charge is 0.342 e. The normalized spacial score (nSPS) is 18.4. The molecule has 8 nitrogen and oxygen atoms in total. The van der Waals surface area contributed by atoms with Gasteiger partial charge in [-0.3, -0.25) is 14.6 Å². The predicted octanol–water partition coefficient (Wildman–Crippen LogP) is 3.76. The Hall–Kier alpha value is -3.81. The minimum absolute atomic E-state index is 0.0304. The van der Waals surface area contributed by atoms with Gasteiger partial charge in [-0.1, -0.05) is 24.3 Å². The summed E-state index contributed by atoms with van der Waals surface area (Å²) in [7, 11) is 0. The summed E-state index contributed by atoms with van der Waals surface area (Å²) in [4.78, 5) is 40.8. The molecule has 168 valence electrons. The number of fused-ring (bicyclic) bond motifs is 1. The number of amides is 2. The highest BCUT2D eigenvalue weighted by Crippen LogP contribution is 2.35. The zero-order chi connectivity index (χ0) is 22.8. The SMILES string of the molecule is Cc1cccnc1Nc1cncc(C2CCN(C(=O)[C@@H]3CC(=O)Nc4ccccc43)CC2)n1. The highest BCUT2D eigenvalue weighted by atomic mass is 16.2. The van der Waals surface area contributed by atoms with Crippen LogP contribution in [0.5, 0.6) is 0 Å². The Kier molecular flexibility index (Phi) is 5.73. The number of likely N-dealkylation sites (tertiary alicyclic amines) is 1. The lowest BCUT2D eigenvalue weighted by Gasteiger charge is -2.35. The molecule has 4 heterocycles. The van der Waals surface area contributed by atoms with Gasteiger partial charge < -0.3 is 15.5 Å². The van der Waals surface area contributed by atoms with E-state index in [0.717, 1.165) is 41.2 Å². The summed E-state index contributed by atoms with van der Waals surface area (Å²) < 4.78 is 0. The fourth-order valence-corrected chi connectivity index (χ4v) is 4.62. The third kappa shape index (κ3) is 4.41. The van der Waals surface area contributed by atoms with Crippen molar-refractivity contribution in [2.24, 2.45) is 0 Å². The van der Waals surface area contributed by atoms with Crippen molar-refractivity contribution >= 4 is 29.1 Å². The van der Waals surface area contributed by atoms with E-state index < -0.39 is 5.92 Å². The van der Waals surface area contributed by atoms with Crippen molar-refractivity contribution in [1.29, 1.82) is 0 Å². The lowest BCUT2D eigenvalue weighted by molar-refractivity contribution is -0.135. The Balaban J connectivity index is 1.25. The average Bonchev–Trinajstić information content (AvgIpc) is 2.85. The smallest absolute Gasteiger partial charge is 0.230 e. The van der Waals surface area contributed by atoms with Gasteiger partial charge in [0.1, 0.15) is 11.6 Å². The first kappa shape index (κ1) is 21.1. The molecule has 1 saturated heterocycles. The van der Waals surface area contributed by atoms with E-state index in [4.69, 9.17) is 4.98 Å². The molecular formula is C25H26N6O2. The van der Waals surface area contributed by atoms with E-state index in [2.05, 4.69) is 20.6 Å². The van der Waals surface area contributed by atoms with Gasteiger partial charge in [0, 0.05) is 43.5 Å². The average molecular weight is 443 g/mol. The van der Waals surface area contributed by atoms with Crippen LogP contribution in [-0.4, -0.2) is 44.8 Å². The molecule has 1 aromatic carbocycles. The maximum Gasteiger partial charge on any atom is 0.230 e. The second kappa shape index (κ2) is 8.97. The van der Waals surface area contributed by atoms with Crippen molar-refractivity contribution in [3.05, 3.63) is 71.8 Å². The lowest BCUT2D eigenvalue weighted by Crippen LogP contribution is -2.42. The maximum absolute atomic E-state index is 13.3. The van der Waals surface area contributed by atoms with Crippen molar-refractivity contribution in [1.82, 2.24) is 19.9 Å². The van der Waals surface area contributed by atoms with E-state index in [-0.39, 0.29) is 24.2 Å². The van der Waals surface area contributed by atoms with Gasteiger partial charge in [-0.15, -0.1) is 0 Å². The van der Waals surface area contributed by atoms with Gasteiger partial charge >= 0.3 is 0 Å². The Morgan fingerprint density at radius 1 is 1.12 bits per heavy atom. The molecule has 2 aromatic heterocycles. The number of nitrogens with one attached hydrogen (secondary N) is 2. The molecule has 1 fully saturated rings. The summed E-state index contributed by atoms with van der Waals surface area (Å²) in [6.45, 7) is 3.28. The minimum atomic E-state index is -0.416. The number of anilines is 3. The van der Waals surface area contributed by atoms with Crippen LogP contribution in [0.25, 0.3) is 0 Å².